The molecular weight excluding hydrogens is 452 g/mol. The van der Waals surface area contributed by atoms with E-state index in [1.165, 1.54) is 0 Å². The van der Waals surface area contributed by atoms with E-state index in [0.717, 1.165) is 17.7 Å². The number of aliphatic hydroxyl groups is 3. The zero-order chi connectivity index (χ0) is 25.0. The van der Waals surface area contributed by atoms with E-state index in [9.17, 15) is 40.5 Å². The fourth-order valence-corrected chi connectivity index (χ4v) is 3.46. The number of aliphatic hydroxyl groups excluding tert-OH is 3. The van der Waals surface area contributed by atoms with Crippen molar-refractivity contribution in [2.24, 2.45) is 0 Å². The summed E-state index contributed by atoms with van der Waals surface area (Å²) in [6, 6.07) is 8.45. The van der Waals surface area contributed by atoms with Crippen LogP contribution in [0.25, 0.3) is 0 Å². The lowest BCUT2D eigenvalue weighted by molar-refractivity contribution is -0.310. The first-order valence-corrected chi connectivity index (χ1v) is 10.6. The summed E-state index contributed by atoms with van der Waals surface area (Å²) in [7, 11) is 0. The molecule has 186 valence electrons. The SMILES string of the molecule is C[C@@H](CCc1ccc(O)cc1)O[C@@H]1O[C@H](COC(=O)c2cc(O)c(O)c(O)c2)[C@@H](O)[C@H](O)[C@H]1O. The standard InChI is InChI=1S/C23H28O11/c1-11(2-3-12-4-6-14(24)7-5-12)33-23-21(30)20(29)19(28)17(34-23)10-32-22(31)13-8-15(25)18(27)16(26)9-13/h4-9,11,17,19-21,23-30H,2-3,10H2,1H3/t11-,17+,19+,20-,21+,23+/m0/s1. The van der Waals surface area contributed by atoms with Gasteiger partial charge in [-0.05, 0) is 49.6 Å². The molecule has 34 heavy (non-hydrogen) atoms. The summed E-state index contributed by atoms with van der Waals surface area (Å²) in [6.45, 7) is 1.21. The highest BCUT2D eigenvalue weighted by atomic mass is 16.7. The molecule has 11 nitrogen and oxygen atoms in total. The molecule has 11 heteroatoms. The van der Waals surface area contributed by atoms with E-state index in [-0.39, 0.29) is 11.3 Å². The molecule has 2 aromatic carbocycles. The van der Waals surface area contributed by atoms with Crippen LogP contribution in [0, 0.1) is 0 Å². The minimum Gasteiger partial charge on any atom is -0.508 e. The van der Waals surface area contributed by atoms with Crippen molar-refractivity contribution in [3.05, 3.63) is 47.5 Å². The van der Waals surface area contributed by atoms with Gasteiger partial charge in [0.05, 0.1) is 11.7 Å². The Hall–Kier alpha value is -3.09. The number of ether oxygens (including phenoxy) is 3. The normalized spacial score (nSPS) is 25.6. The molecular formula is C23H28O11. The highest BCUT2D eigenvalue weighted by molar-refractivity contribution is 5.91. The molecule has 2 aromatic rings. The lowest BCUT2D eigenvalue weighted by atomic mass is 9.99. The first-order valence-electron chi connectivity index (χ1n) is 10.6. The largest absolute Gasteiger partial charge is 0.508 e. The Labute approximate surface area is 195 Å². The van der Waals surface area contributed by atoms with E-state index in [4.69, 9.17) is 14.2 Å². The van der Waals surface area contributed by atoms with Crippen molar-refractivity contribution in [1.29, 1.82) is 0 Å². The van der Waals surface area contributed by atoms with Crippen LogP contribution in [-0.4, -0.2) is 85.1 Å². The fraction of sp³-hybridized carbons (Fsp3) is 0.435. The number of phenolic OH excluding ortho intramolecular Hbond substituents is 4. The summed E-state index contributed by atoms with van der Waals surface area (Å²) < 4.78 is 16.3. The van der Waals surface area contributed by atoms with Gasteiger partial charge < -0.3 is 50.0 Å². The highest BCUT2D eigenvalue weighted by Gasteiger charge is 2.45. The zero-order valence-corrected chi connectivity index (χ0v) is 18.3. The van der Waals surface area contributed by atoms with Gasteiger partial charge in [-0.2, -0.15) is 0 Å². The molecule has 0 saturated carbocycles. The van der Waals surface area contributed by atoms with Gasteiger partial charge in [0.2, 0.25) is 0 Å². The first-order chi connectivity index (χ1) is 16.1. The van der Waals surface area contributed by atoms with Gasteiger partial charge >= 0.3 is 5.97 Å². The van der Waals surface area contributed by atoms with Crippen LogP contribution in [0.15, 0.2) is 36.4 Å². The molecule has 1 aliphatic rings. The van der Waals surface area contributed by atoms with Crippen molar-refractivity contribution in [1.82, 2.24) is 0 Å². The molecule has 1 aliphatic heterocycles. The van der Waals surface area contributed by atoms with E-state index in [1.807, 2.05) is 0 Å². The first kappa shape index (κ1) is 25.5. The molecule has 0 radical (unpaired) electrons. The van der Waals surface area contributed by atoms with Gasteiger partial charge in [0, 0.05) is 0 Å². The molecule has 1 saturated heterocycles. The number of hydrogen-bond acceptors (Lipinski definition) is 11. The zero-order valence-electron chi connectivity index (χ0n) is 18.3. The minimum absolute atomic E-state index is 0.157. The number of aryl methyl sites for hydroxylation is 1. The lowest BCUT2D eigenvalue weighted by Crippen LogP contribution is -2.59. The van der Waals surface area contributed by atoms with Gasteiger partial charge in [-0.3, -0.25) is 0 Å². The predicted molar refractivity (Wildman–Crippen MR) is 115 cm³/mol. The number of aromatic hydroxyl groups is 4. The Morgan fingerprint density at radius 2 is 1.59 bits per heavy atom. The lowest BCUT2D eigenvalue weighted by Gasteiger charge is -2.40. The number of benzene rings is 2. The van der Waals surface area contributed by atoms with Crippen molar-refractivity contribution in [3.8, 4) is 23.0 Å². The topological polar surface area (TPSA) is 186 Å². The average molecular weight is 480 g/mol. The predicted octanol–water partition coefficient (Wildman–Crippen LogP) is 0.511. The molecule has 1 fully saturated rings. The molecule has 0 spiro atoms. The van der Waals surface area contributed by atoms with Gasteiger partial charge in [-0.25, -0.2) is 4.79 Å². The van der Waals surface area contributed by atoms with Gasteiger partial charge in [-0.15, -0.1) is 0 Å². The third-order valence-electron chi connectivity index (χ3n) is 5.49. The van der Waals surface area contributed by atoms with E-state index >= 15 is 0 Å². The van der Waals surface area contributed by atoms with Crippen molar-refractivity contribution in [2.45, 2.75) is 56.6 Å². The number of carbonyl (C=O) groups excluding carboxylic acids is 1. The molecule has 0 amide bonds. The van der Waals surface area contributed by atoms with Gasteiger partial charge in [0.15, 0.2) is 23.5 Å². The Morgan fingerprint density at radius 1 is 0.971 bits per heavy atom. The fourth-order valence-electron chi connectivity index (χ4n) is 3.46. The maximum Gasteiger partial charge on any atom is 0.338 e. The second-order valence-corrected chi connectivity index (χ2v) is 8.13. The average Bonchev–Trinajstić information content (AvgIpc) is 2.81. The van der Waals surface area contributed by atoms with Gasteiger partial charge in [0.25, 0.3) is 0 Å². The minimum atomic E-state index is -1.63. The third-order valence-corrected chi connectivity index (χ3v) is 5.49. The number of rotatable bonds is 8. The number of hydrogen-bond donors (Lipinski definition) is 7. The van der Waals surface area contributed by atoms with Crippen LogP contribution < -0.4 is 0 Å². The molecule has 0 unspecified atom stereocenters. The molecule has 1 heterocycles. The van der Waals surface area contributed by atoms with Crippen LogP contribution >= 0.6 is 0 Å². The number of esters is 1. The molecule has 7 N–H and O–H groups in total. The molecule has 3 rings (SSSR count). The van der Waals surface area contributed by atoms with Gasteiger partial charge in [-0.1, -0.05) is 12.1 Å². The van der Waals surface area contributed by atoms with Crippen molar-refractivity contribution >= 4 is 5.97 Å². The second-order valence-electron chi connectivity index (χ2n) is 8.13. The van der Waals surface area contributed by atoms with Crippen LogP contribution in [0.1, 0.15) is 29.3 Å². The summed E-state index contributed by atoms with van der Waals surface area (Å²) in [6.07, 6.45) is -6.59. The molecule has 0 bridgehead atoms. The third kappa shape index (κ3) is 6.07. The number of carbonyl (C=O) groups is 1. The van der Waals surface area contributed by atoms with E-state index in [2.05, 4.69) is 0 Å². The second kappa shape index (κ2) is 10.9. The summed E-state index contributed by atoms with van der Waals surface area (Å²) in [4.78, 5) is 12.2. The smallest absolute Gasteiger partial charge is 0.338 e. The summed E-state index contributed by atoms with van der Waals surface area (Å²) in [5.74, 6) is -3.09. The summed E-state index contributed by atoms with van der Waals surface area (Å²) in [5.41, 5.74) is 0.694. The molecule has 6 atom stereocenters. The van der Waals surface area contributed by atoms with Crippen LogP contribution in [-0.2, 0) is 20.6 Å². The Morgan fingerprint density at radius 3 is 2.21 bits per heavy atom. The van der Waals surface area contributed by atoms with Crippen LogP contribution in [0.3, 0.4) is 0 Å². The van der Waals surface area contributed by atoms with Crippen molar-refractivity contribution in [2.75, 3.05) is 6.61 Å². The summed E-state index contributed by atoms with van der Waals surface area (Å²) >= 11 is 0. The van der Waals surface area contributed by atoms with Crippen molar-refractivity contribution < 1.29 is 54.8 Å². The van der Waals surface area contributed by atoms with E-state index in [0.29, 0.717) is 12.8 Å². The molecule has 0 aliphatic carbocycles. The van der Waals surface area contributed by atoms with Gasteiger partial charge in [0.1, 0.15) is 36.8 Å². The van der Waals surface area contributed by atoms with Crippen LogP contribution in [0.5, 0.6) is 23.0 Å². The summed E-state index contributed by atoms with van der Waals surface area (Å²) in [5, 5.41) is 68.5. The Bertz CT molecular complexity index is 954. The Balaban J connectivity index is 1.57. The maximum absolute atomic E-state index is 12.2. The maximum atomic E-state index is 12.2. The number of phenols is 4. The van der Waals surface area contributed by atoms with E-state index < -0.39 is 66.6 Å². The van der Waals surface area contributed by atoms with Crippen LogP contribution in [0.4, 0.5) is 0 Å². The Kier molecular flexibility index (Phi) is 8.18. The highest BCUT2D eigenvalue weighted by Crippen LogP contribution is 2.35. The quantitative estimate of drug-likeness (QED) is 0.206. The van der Waals surface area contributed by atoms with Crippen molar-refractivity contribution in [3.63, 3.8) is 0 Å². The molecule has 0 aromatic heterocycles. The van der Waals surface area contributed by atoms with Crippen LogP contribution in [0.2, 0.25) is 0 Å². The monoisotopic (exact) mass is 480 g/mol. The van der Waals surface area contributed by atoms with E-state index in [1.54, 1.807) is 31.2 Å².